The van der Waals surface area contributed by atoms with Crippen LogP contribution in [0.2, 0.25) is 18.6 Å². The minimum atomic E-state index is -1.96. The Balaban J connectivity index is 2.02. The van der Waals surface area contributed by atoms with Gasteiger partial charge < -0.3 is 4.74 Å². The van der Waals surface area contributed by atoms with E-state index in [0.29, 0.717) is 12.8 Å². The summed E-state index contributed by atoms with van der Waals surface area (Å²) in [6.07, 6.45) is 1.94. The largest absolute Gasteiger partial charge is 0.469 e. The fourth-order valence-electron chi connectivity index (χ4n) is 5.08. The molecule has 0 spiro atoms. The van der Waals surface area contributed by atoms with E-state index in [0.717, 1.165) is 6.42 Å². The molecule has 1 amide bonds. The zero-order valence-corrected chi connectivity index (χ0v) is 16.4. The van der Waals surface area contributed by atoms with E-state index in [1.165, 1.54) is 17.4 Å². The molecule has 25 heavy (non-hydrogen) atoms. The molecule has 5 nitrogen and oxygen atoms in total. The maximum Gasteiger partial charge on any atom is 0.308 e. The Morgan fingerprint density at radius 3 is 2.48 bits per heavy atom. The van der Waals surface area contributed by atoms with E-state index in [2.05, 4.69) is 37.4 Å². The van der Waals surface area contributed by atoms with E-state index in [4.69, 9.17) is 9.57 Å². The molecule has 0 aromatic heterocycles. The average Bonchev–Trinajstić information content (AvgIpc) is 3.02. The molecule has 1 unspecified atom stereocenters. The van der Waals surface area contributed by atoms with Gasteiger partial charge in [-0.15, -0.1) is 0 Å². The summed E-state index contributed by atoms with van der Waals surface area (Å²) in [6, 6.07) is 10.5. The number of rotatable bonds is 4. The van der Waals surface area contributed by atoms with Crippen LogP contribution in [0.1, 0.15) is 19.3 Å². The van der Waals surface area contributed by atoms with Crippen molar-refractivity contribution in [2.75, 3.05) is 14.2 Å². The molecule has 1 aromatic rings. The van der Waals surface area contributed by atoms with E-state index in [1.54, 1.807) is 7.11 Å². The number of fused-ring (bicyclic) bond motifs is 1. The quantitative estimate of drug-likeness (QED) is 0.610. The average molecular weight is 362 g/mol. The molecule has 1 heterocycles. The predicted octanol–water partition coefficient (Wildman–Crippen LogP) is 2.33. The van der Waals surface area contributed by atoms with Crippen molar-refractivity contribution in [2.24, 2.45) is 11.8 Å². The number of methoxy groups -OCH3 is 1. The third kappa shape index (κ3) is 3.02. The van der Waals surface area contributed by atoms with Gasteiger partial charge in [0, 0.05) is 6.42 Å². The Kier molecular flexibility index (Phi) is 5.02. The van der Waals surface area contributed by atoms with Crippen LogP contribution in [0.5, 0.6) is 0 Å². The van der Waals surface area contributed by atoms with Crippen molar-refractivity contribution in [1.82, 2.24) is 5.06 Å². The van der Waals surface area contributed by atoms with Crippen LogP contribution < -0.4 is 5.19 Å². The fourth-order valence-corrected chi connectivity index (χ4v) is 9.25. The Labute approximate surface area is 150 Å². The normalized spacial score (nSPS) is 29.4. The van der Waals surface area contributed by atoms with Gasteiger partial charge in [0.15, 0.2) is 0 Å². The van der Waals surface area contributed by atoms with E-state index in [-0.39, 0.29) is 35.3 Å². The lowest BCUT2D eigenvalue weighted by molar-refractivity contribution is -0.199. The summed E-state index contributed by atoms with van der Waals surface area (Å²) in [5, 5.41) is 2.86. The van der Waals surface area contributed by atoms with Crippen molar-refractivity contribution in [2.45, 2.75) is 43.9 Å². The number of hydrogen-bond acceptors (Lipinski definition) is 4. The summed E-state index contributed by atoms with van der Waals surface area (Å²) in [4.78, 5) is 30.2. The number of nitrogens with zero attached hydrogens (tertiary/aromatic N) is 1. The standard InChI is InChI=1S/C19H27NO4Si/c1-23-19(22)15-12-16-14(10-11-17(21)20(16)24-2)18(15)25(3,4)13-8-6-5-7-9-13/h5-9,14-16,18H,10-12H2,1-4H3/t14-,15?,16-,18+/m0/s1. The van der Waals surface area contributed by atoms with Crippen molar-refractivity contribution in [3.05, 3.63) is 30.3 Å². The molecule has 2 fully saturated rings. The van der Waals surface area contributed by atoms with E-state index >= 15 is 0 Å². The molecule has 3 rings (SSSR count). The molecule has 2 aliphatic rings. The van der Waals surface area contributed by atoms with Crippen molar-refractivity contribution >= 4 is 25.1 Å². The first-order valence-electron chi connectivity index (χ1n) is 8.91. The number of hydroxylamine groups is 2. The molecular weight excluding hydrogens is 334 g/mol. The molecule has 0 bridgehead atoms. The molecule has 1 aliphatic heterocycles. The van der Waals surface area contributed by atoms with E-state index in [1.807, 2.05) is 6.07 Å². The molecule has 1 aromatic carbocycles. The first-order valence-corrected chi connectivity index (χ1v) is 12.0. The number of piperidine rings is 1. The van der Waals surface area contributed by atoms with Gasteiger partial charge in [-0.1, -0.05) is 48.6 Å². The lowest BCUT2D eigenvalue weighted by atomic mass is 9.92. The highest BCUT2D eigenvalue weighted by molar-refractivity contribution is 6.91. The van der Waals surface area contributed by atoms with Crippen LogP contribution in [0.4, 0.5) is 0 Å². The van der Waals surface area contributed by atoms with Crippen LogP contribution in [0, 0.1) is 11.8 Å². The molecule has 0 radical (unpaired) electrons. The second kappa shape index (κ2) is 6.92. The summed E-state index contributed by atoms with van der Waals surface area (Å²) < 4.78 is 5.14. The molecular formula is C19H27NO4Si. The highest BCUT2D eigenvalue weighted by Crippen LogP contribution is 2.53. The second-order valence-electron chi connectivity index (χ2n) is 7.65. The van der Waals surface area contributed by atoms with Gasteiger partial charge in [-0.3, -0.25) is 14.4 Å². The third-order valence-electron chi connectivity index (χ3n) is 6.17. The summed E-state index contributed by atoms with van der Waals surface area (Å²) >= 11 is 0. The van der Waals surface area contributed by atoms with Crippen LogP contribution in [-0.2, 0) is 19.2 Å². The first kappa shape index (κ1) is 18.1. The number of carbonyl (C=O) groups is 2. The lowest BCUT2D eigenvalue weighted by Crippen LogP contribution is -2.53. The smallest absolute Gasteiger partial charge is 0.308 e. The Morgan fingerprint density at radius 2 is 1.88 bits per heavy atom. The van der Waals surface area contributed by atoms with Gasteiger partial charge in [0.1, 0.15) is 0 Å². The molecule has 6 heteroatoms. The topological polar surface area (TPSA) is 55.8 Å². The Hall–Kier alpha value is -1.66. The number of benzene rings is 1. The fraction of sp³-hybridized carbons (Fsp3) is 0.579. The molecule has 1 saturated carbocycles. The van der Waals surface area contributed by atoms with Gasteiger partial charge in [0.25, 0.3) is 0 Å². The SMILES string of the molecule is COC(=O)C1C[C@H]2[C@H](CCC(=O)N2OC)[C@H]1[Si](C)(C)c1ccccc1. The maximum absolute atomic E-state index is 12.6. The van der Waals surface area contributed by atoms with Crippen LogP contribution in [0.15, 0.2) is 30.3 Å². The number of hydrogen-bond donors (Lipinski definition) is 0. The van der Waals surface area contributed by atoms with Crippen LogP contribution in [-0.4, -0.2) is 45.3 Å². The zero-order valence-electron chi connectivity index (χ0n) is 15.4. The molecule has 136 valence electrons. The first-order chi connectivity index (χ1) is 11.9. The van der Waals surface area contributed by atoms with Gasteiger partial charge in [0.05, 0.1) is 34.3 Å². The minimum Gasteiger partial charge on any atom is -0.469 e. The monoisotopic (exact) mass is 361 g/mol. The van der Waals surface area contributed by atoms with Gasteiger partial charge in [-0.25, -0.2) is 5.06 Å². The van der Waals surface area contributed by atoms with Crippen molar-refractivity contribution in [3.63, 3.8) is 0 Å². The number of ether oxygens (including phenoxy) is 1. The molecule has 1 saturated heterocycles. The Morgan fingerprint density at radius 1 is 1.20 bits per heavy atom. The summed E-state index contributed by atoms with van der Waals surface area (Å²) in [6.45, 7) is 4.66. The minimum absolute atomic E-state index is 0.0206. The van der Waals surface area contributed by atoms with Crippen LogP contribution >= 0.6 is 0 Å². The number of carbonyl (C=O) groups excluding carboxylic acids is 2. The second-order valence-corrected chi connectivity index (χ2v) is 12.3. The zero-order chi connectivity index (χ0) is 18.2. The van der Waals surface area contributed by atoms with Gasteiger partial charge in [-0.2, -0.15) is 0 Å². The molecule has 1 aliphatic carbocycles. The molecule has 4 atom stereocenters. The highest BCUT2D eigenvalue weighted by atomic mass is 28.3. The van der Waals surface area contributed by atoms with E-state index in [9.17, 15) is 9.59 Å². The Bertz CT molecular complexity index is 648. The lowest BCUT2D eigenvalue weighted by Gasteiger charge is -2.41. The van der Waals surface area contributed by atoms with Crippen molar-refractivity contribution in [1.29, 1.82) is 0 Å². The number of esters is 1. The third-order valence-corrected chi connectivity index (χ3v) is 10.5. The summed E-state index contributed by atoms with van der Waals surface area (Å²) in [5.74, 6) is -0.0272. The van der Waals surface area contributed by atoms with Crippen LogP contribution in [0.25, 0.3) is 0 Å². The van der Waals surface area contributed by atoms with Gasteiger partial charge in [0.2, 0.25) is 5.91 Å². The number of amides is 1. The van der Waals surface area contributed by atoms with E-state index < -0.39 is 8.07 Å². The van der Waals surface area contributed by atoms with Crippen molar-refractivity contribution in [3.8, 4) is 0 Å². The van der Waals surface area contributed by atoms with Gasteiger partial charge in [-0.05, 0) is 24.3 Å². The van der Waals surface area contributed by atoms with Crippen molar-refractivity contribution < 1.29 is 19.2 Å². The summed E-state index contributed by atoms with van der Waals surface area (Å²) in [5.41, 5.74) is 0.234. The van der Waals surface area contributed by atoms with Gasteiger partial charge >= 0.3 is 5.97 Å². The summed E-state index contributed by atoms with van der Waals surface area (Å²) in [7, 11) is 1.04. The predicted molar refractivity (Wildman–Crippen MR) is 97.8 cm³/mol. The molecule has 0 N–H and O–H groups in total. The highest BCUT2D eigenvalue weighted by Gasteiger charge is 2.57. The van der Waals surface area contributed by atoms with Crippen LogP contribution in [0.3, 0.4) is 0 Å². The maximum atomic E-state index is 12.6.